The van der Waals surface area contributed by atoms with Crippen LogP contribution in [0.5, 0.6) is 0 Å². The molecule has 0 aliphatic rings. The first-order valence-corrected chi connectivity index (χ1v) is 7.74. The first-order valence-electron chi connectivity index (χ1n) is 7.74. The van der Waals surface area contributed by atoms with E-state index in [1.807, 2.05) is 12.1 Å². The van der Waals surface area contributed by atoms with Crippen molar-refractivity contribution in [2.24, 2.45) is 0 Å². The van der Waals surface area contributed by atoms with E-state index in [0.29, 0.717) is 23.0 Å². The van der Waals surface area contributed by atoms with Crippen LogP contribution in [0, 0.1) is 6.92 Å². The van der Waals surface area contributed by atoms with Gasteiger partial charge in [0.15, 0.2) is 0 Å². The second-order valence-electron chi connectivity index (χ2n) is 5.46. The normalized spacial score (nSPS) is 10.7. The fourth-order valence-electron chi connectivity index (χ4n) is 2.39. The second-order valence-corrected chi connectivity index (χ2v) is 5.46. The Morgan fingerprint density at radius 3 is 2.65 bits per heavy atom. The molecule has 9 heteroatoms. The van der Waals surface area contributed by atoms with E-state index in [9.17, 15) is 4.79 Å². The molecule has 0 atom stereocenters. The number of aryl methyl sites for hydroxylation is 1. The van der Waals surface area contributed by atoms with Crippen molar-refractivity contribution in [1.82, 2.24) is 30.4 Å². The molecule has 0 aliphatic heterocycles. The molecule has 2 aromatic carbocycles. The van der Waals surface area contributed by atoms with Gasteiger partial charge in [0.05, 0.1) is 5.69 Å². The summed E-state index contributed by atoms with van der Waals surface area (Å²) < 4.78 is 6.88. The smallest absolute Gasteiger partial charge is 0.255 e. The second kappa shape index (κ2) is 6.55. The van der Waals surface area contributed by atoms with Crippen molar-refractivity contribution in [2.75, 3.05) is 5.32 Å². The van der Waals surface area contributed by atoms with Crippen LogP contribution < -0.4 is 5.32 Å². The third-order valence-electron chi connectivity index (χ3n) is 3.64. The monoisotopic (exact) mass is 347 g/mol. The summed E-state index contributed by atoms with van der Waals surface area (Å²) in [5, 5.41) is 21.6. The summed E-state index contributed by atoms with van der Waals surface area (Å²) in [5.41, 5.74) is 2.65. The number of carbonyl (C=O) groups excluding carboxylic acids is 1. The highest BCUT2D eigenvalue weighted by atomic mass is 16.4. The first-order chi connectivity index (χ1) is 12.7. The molecule has 2 aromatic heterocycles. The maximum atomic E-state index is 12.5. The summed E-state index contributed by atoms with van der Waals surface area (Å²) in [6, 6.07) is 14.2. The van der Waals surface area contributed by atoms with Crippen molar-refractivity contribution in [2.45, 2.75) is 6.92 Å². The zero-order chi connectivity index (χ0) is 17.9. The van der Waals surface area contributed by atoms with Crippen molar-refractivity contribution in [3.63, 3.8) is 0 Å². The number of benzene rings is 2. The van der Waals surface area contributed by atoms with Crippen LogP contribution in [0.15, 0.2) is 59.3 Å². The van der Waals surface area contributed by atoms with Gasteiger partial charge in [0, 0.05) is 23.7 Å². The van der Waals surface area contributed by atoms with Crippen LogP contribution in [-0.4, -0.2) is 36.3 Å². The summed E-state index contributed by atoms with van der Waals surface area (Å²) in [7, 11) is 0. The topological polar surface area (TPSA) is 112 Å². The minimum Gasteiger partial charge on any atom is -0.421 e. The molecule has 0 aliphatic carbocycles. The summed E-state index contributed by atoms with van der Waals surface area (Å²) in [5.74, 6) is 0.681. The Morgan fingerprint density at radius 2 is 1.96 bits per heavy atom. The van der Waals surface area contributed by atoms with E-state index in [1.165, 1.54) is 11.0 Å². The van der Waals surface area contributed by atoms with E-state index in [2.05, 4.69) is 31.0 Å². The van der Waals surface area contributed by atoms with Crippen LogP contribution in [0.3, 0.4) is 0 Å². The number of anilines is 1. The number of rotatable bonds is 4. The summed E-state index contributed by atoms with van der Waals surface area (Å²) in [6.45, 7) is 1.72. The number of nitrogens with one attached hydrogen (secondary N) is 1. The quantitative estimate of drug-likeness (QED) is 0.602. The van der Waals surface area contributed by atoms with E-state index < -0.39 is 0 Å². The molecule has 26 heavy (non-hydrogen) atoms. The Hall–Kier alpha value is -3.88. The van der Waals surface area contributed by atoms with Gasteiger partial charge in [-0.05, 0) is 52.9 Å². The molecular weight excluding hydrogens is 334 g/mol. The zero-order valence-corrected chi connectivity index (χ0v) is 13.7. The number of amides is 1. The predicted molar refractivity (Wildman–Crippen MR) is 91.6 cm³/mol. The largest absolute Gasteiger partial charge is 0.421 e. The van der Waals surface area contributed by atoms with Crippen LogP contribution in [0.2, 0.25) is 0 Å². The highest BCUT2D eigenvalue weighted by Crippen LogP contribution is 2.19. The molecule has 0 radical (unpaired) electrons. The third-order valence-corrected chi connectivity index (χ3v) is 3.64. The number of aromatic nitrogens is 6. The molecule has 1 amide bonds. The van der Waals surface area contributed by atoms with Gasteiger partial charge in [-0.1, -0.05) is 6.07 Å². The van der Waals surface area contributed by atoms with Crippen LogP contribution >= 0.6 is 0 Å². The minimum absolute atomic E-state index is 0.230. The minimum atomic E-state index is -0.230. The number of hydrogen-bond acceptors (Lipinski definition) is 7. The fraction of sp³-hybridized carbons (Fsp3) is 0.0588. The molecule has 9 nitrogen and oxygen atoms in total. The first kappa shape index (κ1) is 15.6. The maximum Gasteiger partial charge on any atom is 0.255 e. The third kappa shape index (κ3) is 3.18. The molecule has 4 rings (SSSR count). The van der Waals surface area contributed by atoms with Crippen LogP contribution in [0.25, 0.3) is 17.1 Å². The van der Waals surface area contributed by atoms with Crippen molar-refractivity contribution < 1.29 is 9.21 Å². The van der Waals surface area contributed by atoms with Gasteiger partial charge < -0.3 is 9.73 Å². The fourth-order valence-corrected chi connectivity index (χ4v) is 2.39. The highest BCUT2D eigenvalue weighted by Gasteiger charge is 2.10. The van der Waals surface area contributed by atoms with Crippen molar-refractivity contribution in [1.29, 1.82) is 0 Å². The zero-order valence-electron chi connectivity index (χ0n) is 13.7. The Labute approximate surface area is 147 Å². The Bertz CT molecular complexity index is 1040. The van der Waals surface area contributed by atoms with Crippen LogP contribution in [-0.2, 0) is 0 Å². The lowest BCUT2D eigenvalue weighted by atomic mass is 10.1. The lowest BCUT2D eigenvalue weighted by molar-refractivity contribution is 0.102. The number of tetrazole rings is 1. The standard InChI is InChI=1S/C17H13N7O2/c1-11-20-21-17(26-11)13-7-5-12(6-8-13)16(25)19-14-3-2-4-15(9-14)24-10-18-22-23-24/h2-10H,1H3,(H,19,25). The Morgan fingerprint density at radius 1 is 1.12 bits per heavy atom. The van der Waals surface area contributed by atoms with E-state index in [1.54, 1.807) is 43.3 Å². The lowest BCUT2D eigenvalue weighted by Gasteiger charge is -2.07. The molecule has 128 valence electrons. The lowest BCUT2D eigenvalue weighted by Crippen LogP contribution is -2.12. The molecule has 0 unspecified atom stereocenters. The van der Waals surface area contributed by atoms with Crippen LogP contribution in [0.1, 0.15) is 16.2 Å². The maximum absolute atomic E-state index is 12.5. The summed E-state index contributed by atoms with van der Waals surface area (Å²) in [4.78, 5) is 12.5. The molecule has 0 bridgehead atoms. The van der Waals surface area contributed by atoms with Crippen molar-refractivity contribution in [3.8, 4) is 17.1 Å². The van der Waals surface area contributed by atoms with Gasteiger partial charge in [-0.15, -0.1) is 15.3 Å². The van der Waals surface area contributed by atoms with Gasteiger partial charge in [0.1, 0.15) is 6.33 Å². The number of carbonyl (C=O) groups is 1. The van der Waals surface area contributed by atoms with E-state index >= 15 is 0 Å². The van der Waals surface area contributed by atoms with Crippen LogP contribution in [0.4, 0.5) is 5.69 Å². The van der Waals surface area contributed by atoms with Gasteiger partial charge >= 0.3 is 0 Å². The van der Waals surface area contributed by atoms with Gasteiger partial charge in [-0.2, -0.15) is 0 Å². The van der Waals surface area contributed by atoms with E-state index in [-0.39, 0.29) is 5.91 Å². The van der Waals surface area contributed by atoms with Gasteiger partial charge in [0.2, 0.25) is 11.8 Å². The highest BCUT2D eigenvalue weighted by molar-refractivity contribution is 6.04. The molecular formula is C17H13N7O2. The Kier molecular flexibility index (Phi) is 3.94. The molecule has 2 heterocycles. The molecule has 4 aromatic rings. The molecule has 0 fully saturated rings. The molecule has 0 saturated heterocycles. The Balaban J connectivity index is 1.51. The predicted octanol–water partition coefficient (Wildman–Crippen LogP) is 2.27. The van der Waals surface area contributed by atoms with Crippen molar-refractivity contribution in [3.05, 3.63) is 66.3 Å². The van der Waals surface area contributed by atoms with Gasteiger partial charge in [-0.25, -0.2) is 4.68 Å². The summed E-state index contributed by atoms with van der Waals surface area (Å²) >= 11 is 0. The van der Waals surface area contributed by atoms with E-state index in [0.717, 1.165) is 11.3 Å². The molecule has 0 spiro atoms. The number of hydrogen-bond donors (Lipinski definition) is 1. The van der Waals surface area contributed by atoms with Gasteiger partial charge in [-0.3, -0.25) is 4.79 Å². The average Bonchev–Trinajstić information content (AvgIpc) is 3.34. The average molecular weight is 347 g/mol. The summed E-state index contributed by atoms with van der Waals surface area (Å²) in [6.07, 6.45) is 1.49. The van der Waals surface area contributed by atoms with Gasteiger partial charge in [0.25, 0.3) is 5.91 Å². The molecule has 1 N–H and O–H groups in total. The molecule has 0 saturated carbocycles. The SMILES string of the molecule is Cc1nnc(-c2ccc(C(=O)Nc3cccc(-n4cnnn4)c3)cc2)o1. The number of nitrogens with zero attached hydrogens (tertiary/aromatic N) is 6. The van der Waals surface area contributed by atoms with E-state index in [4.69, 9.17) is 4.42 Å². The van der Waals surface area contributed by atoms with Crippen molar-refractivity contribution >= 4 is 11.6 Å².